The summed E-state index contributed by atoms with van der Waals surface area (Å²) in [5.74, 6) is 2.00. The Bertz CT molecular complexity index is 531. The quantitative estimate of drug-likeness (QED) is 0.517. The first-order valence-electron chi connectivity index (χ1n) is 10.4. The molecule has 5 nitrogen and oxygen atoms in total. The van der Waals surface area contributed by atoms with Crippen molar-refractivity contribution in [3.63, 3.8) is 0 Å². The maximum Gasteiger partial charge on any atom is 0.191 e. The van der Waals surface area contributed by atoms with Gasteiger partial charge in [-0.3, -0.25) is 4.99 Å². The Kier molecular flexibility index (Phi) is 7.42. The number of ether oxygens (including phenoxy) is 1. The summed E-state index contributed by atoms with van der Waals surface area (Å²) in [6.45, 7) is 2.59. The van der Waals surface area contributed by atoms with Crippen LogP contribution in [-0.4, -0.2) is 38.8 Å². The fraction of sp³-hybridized carbons (Fsp3) is 0.762. The lowest BCUT2D eigenvalue weighted by atomic mass is 9.67. The van der Waals surface area contributed by atoms with Crippen molar-refractivity contribution in [3.8, 4) is 0 Å². The summed E-state index contributed by atoms with van der Waals surface area (Å²) >= 11 is 0. The summed E-state index contributed by atoms with van der Waals surface area (Å²) in [4.78, 5) is 4.99. The summed E-state index contributed by atoms with van der Waals surface area (Å²) in [6.07, 6.45) is 14.2. The van der Waals surface area contributed by atoms with Crippen LogP contribution in [0.1, 0.15) is 63.5 Å². The van der Waals surface area contributed by atoms with E-state index in [0.717, 1.165) is 44.3 Å². The molecule has 1 heterocycles. The lowest BCUT2D eigenvalue weighted by Gasteiger charge is -2.41. The average Bonchev–Trinajstić information content (AvgIpc) is 3.14. The number of guanidine groups is 1. The molecule has 2 aliphatic carbocycles. The van der Waals surface area contributed by atoms with Crippen LogP contribution in [-0.2, 0) is 11.2 Å². The number of hydrogen-bond acceptors (Lipinski definition) is 3. The molecular formula is C21H35N3O2. The van der Waals surface area contributed by atoms with Crippen molar-refractivity contribution in [1.29, 1.82) is 0 Å². The van der Waals surface area contributed by atoms with Gasteiger partial charge in [-0.2, -0.15) is 0 Å². The van der Waals surface area contributed by atoms with E-state index in [1.54, 1.807) is 13.4 Å². The predicted octanol–water partition coefficient (Wildman–Crippen LogP) is 3.90. The van der Waals surface area contributed by atoms with Gasteiger partial charge in [-0.1, -0.05) is 25.7 Å². The molecule has 2 aliphatic rings. The largest absolute Gasteiger partial charge is 0.469 e. The van der Waals surface area contributed by atoms with Gasteiger partial charge < -0.3 is 19.8 Å². The van der Waals surface area contributed by atoms with E-state index in [0.29, 0.717) is 11.5 Å². The van der Waals surface area contributed by atoms with Gasteiger partial charge in [0.05, 0.1) is 6.26 Å². The second-order valence-electron chi connectivity index (χ2n) is 8.00. The van der Waals surface area contributed by atoms with E-state index in [-0.39, 0.29) is 0 Å². The Morgan fingerprint density at radius 3 is 2.77 bits per heavy atom. The number of aliphatic imine (C=N–C) groups is 1. The van der Waals surface area contributed by atoms with Gasteiger partial charge in [0.15, 0.2) is 5.96 Å². The Labute approximate surface area is 158 Å². The van der Waals surface area contributed by atoms with Crippen molar-refractivity contribution in [2.24, 2.45) is 10.4 Å². The number of rotatable bonds is 9. The highest BCUT2D eigenvalue weighted by Gasteiger charge is 2.36. The molecule has 0 atom stereocenters. The van der Waals surface area contributed by atoms with Gasteiger partial charge in [0.25, 0.3) is 0 Å². The first-order valence-corrected chi connectivity index (χ1v) is 10.4. The predicted molar refractivity (Wildman–Crippen MR) is 106 cm³/mol. The van der Waals surface area contributed by atoms with Gasteiger partial charge in [-0.25, -0.2) is 0 Å². The second kappa shape index (κ2) is 10.0. The lowest BCUT2D eigenvalue weighted by Crippen LogP contribution is -2.46. The van der Waals surface area contributed by atoms with Gasteiger partial charge in [0.2, 0.25) is 0 Å². The molecule has 0 radical (unpaired) electrons. The van der Waals surface area contributed by atoms with Crippen molar-refractivity contribution in [1.82, 2.24) is 10.6 Å². The molecule has 2 saturated carbocycles. The molecule has 0 amide bonds. The molecular weight excluding hydrogens is 326 g/mol. The molecule has 0 saturated heterocycles. The fourth-order valence-corrected chi connectivity index (χ4v) is 4.08. The SMILES string of the molecule is COCCC1(CN=C(NCCc2ccco2)NC2CCCCC2)CCC1. The molecule has 146 valence electrons. The zero-order chi connectivity index (χ0) is 18.1. The van der Waals surface area contributed by atoms with Crippen LogP contribution >= 0.6 is 0 Å². The van der Waals surface area contributed by atoms with E-state index in [9.17, 15) is 0 Å². The number of furan rings is 1. The highest BCUT2D eigenvalue weighted by atomic mass is 16.5. The molecule has 1 aromatic heterocycles. The first kappa shape index (κ1) is 19.3. The zero-order valence-corrected chi connectivity index (χ0v) is 16.3. The second-order valence-corrected chi connectivity index (χ2v) is 8.00. The molecule has 0 bridgehead atoms. The molecule has 0 aromatic carbocycles. The standard InChI is InChI=1S/C21H35N3O2/c1-25-16-13-21(11-6-12-21)17-23-20(24-18-7-3-2-4-8-18)22-14-10-19-9-5-15-26-19/h5,9,15,18H,2-4,6-8,10-14,16-17H2,1H3,(H2,22,23,24). The summed E-state index contributed by atoms with van der Waals surface area (Å²) in [6, 6.07) is 4.54. The van der Waals surface area contributed by atoms with Crippen LogP contribution in [0.2, 0.25) is 0 Å². The van der Waals surface area contributed by atoms with E-state index in [2.05, 4.69) is 10.6 Å². The van der Waals surface area contributed by atoms with Crippen molar-refractivity contribution in [2.45, 2.75) is 70.3 Å². The van der Waals surface area contributed by atoms with E-state index >= 15 is 0 Å². The molecule has 0 aliphatic heterocycles. The maximum absolute atomic E-state index is 5.44. The van der Waals surface area contributed by atoms with Crippen molar-refractivity contribution >= 4 is 5.96 Å². The van der Waals surface area contributed by atoms with Gasteiger partial charge in [-0.05, 0) is 49.7 Å². The maximum atomic E-state index is 5.44. The minimum Gasteiger partial charge on any atom is -0.469 e. The van der Waals surface area contributed by atoms with Crippen LogP contribution < -0.4 is 10.6 Å². The van der Waals surface area contributed by atoms with Gasteiger partial charge in [0, 0.05) is 39.3 Å². The topological polar surface area (TPSA) is 58.8 Å². The minimum absolute atomic E-state index is 0.359. The molecule has 3 rings (SSSR count). The highest BCUT2D eigenvalue weighted by Crippen LogP contribution is 2.44. The van der Waals surface area contributed by atoms with Crippen molar-refractivity contribution < 1.29 is 9.15 Å². The Morgan fingerprint density at radius 2 is 2.12 bits per heavy atom. The van der Waals surface area contributed by atoms with Crippen LogP contribution in [0.5, 0.6) is 0 Å². The van der Waals surface area contributed by atoms with Crippen molar-refractivity contribution in [3.05, 3.63) is 24.2 Å². The number of nitrogens with zero attached hydrogens (tertiary/aromatic N) is 1. The Balaban J connectivity index is 1.55. The van der Waals surface area contributed by atoms with Gasteiger partial charge in [0.1, 0.15) is 5.76 Å². The zero-order valence-electron chi connectivity index (χ0n) is 16.3. The summed E-state index contributed by atoms with van der Waals surface area (Å²) < 4.78 is 10.8. The van der Waals surface area contributed by atoms with Crippen LogP contribution in [0.15, 0.2) is 27.8 Å². The Hall–Kier alpha value is -1.49. The number of nitrogens with one attached hydrogen (secondary N) is 2. The third kappa shape index (κ3) is 5.76. The van der Waals surface area contributed by atoms with E-state index in [4.69, 9.17) is 14.1 Å². The third-order valence-electron chi connectivity index (χ3n) is 6.01. The van der Waals surface area contributed by atoms with Crippen molar-refractivity contribution in [2.75, 3.05) is 26.8 Å². The monoisotopic (exact) mass is 361 g/mol. The molecule has 1 aromatic rings. The molecule has 2 fully saturated rings. The van der Waals surface area contributed by atoms with E-state index in [1.165, 1.54) is 51.4 Å². The third-order valence-corrected chi connectivity index (χ3v) is 6.01. The molecule has 0 unspecified atom stereocenters. The number of hydrogen-bond donors (Lipinski definition) is 2. The molecule has 26 heavy (non-hydrogen) atoms. The minimum atomic E-state index is 0.359. The van der Waals surface area contributed by atoms with Crippen LogP contribution in [0.25, 0.3) is 0 Å². The molecule has 5 heteroatoms. The van der Waals surface area contributed by atoms with Gasteiger partial charge >= 0.3 is 0 Å². The van der Waals surface area contributed by atoms with Gasteiger partial charge in [-0.15, -0.1) is 0 Å². The van der Waals surface area contributed by atoms with E-state index in [1.807, 2.05) is 12.1 Å². The average molecular weight is 362 g/mol. The van der Waals surface area contributed by atoms with Crippen LogP contribution in [0.3, 0.4) is 0 Å². The normalized spacial score (nSPS) is 20.6. The molecule has 2 N–H and O–H groups in total. The fourth-order valence-electron chi connectivity index (χ4n) is 4.08. The summed E-state index contributed by atoms with van der Waals surface area (Å²) in [7, 11) is 1.79. The lowest BCUT2D eigenvalue weighted by molar-refractivity contribution is 0.0778. The van der Waals surface area contributed by atoms with Crippen LogP contribution in [0.4, 0.5) is 0 Å². The highest BCUT2D eigenvalue weighted by molar-refractivity contribution is 5.80. The van der Waals surface area contributed by atoms with Crippen LogP contribution in [0, 0.1) is 5.41 Å². The summed E-state index contributed by atoms with van der Waals surface area (Å²) in [5.41, 5.74) is 0.359. The smallest absolute Gasteiger partial charge is 0.191 e. The van der Waals surface area contributed by atoms with E-state index < -0.39 is 0 Å². The summed E-state index contributed by atoms with van der Waals surface area (Å²) in [5, 5.41) is 7.22. The first-order chi connectivity index (χ1) is 12.8. The molecule has 0 spiro atoms. The Morgan fingerprint density at radius 1 is 1.27 bits per heavy atom. The number of methoxy groups -OCH3 is 1.